The van der Waals surface area contributed by atoms with Crippen molar-refractivity contribution in [3.05, 3.63) is 29.8 Å². The topological polar surface area (TPSA) is 35.2 Å². The highest BCUT2D eigenvalue weighted by atomic mass is 16.5. The Morgan fingerprint density at radius 2 is 2.13 bits per heavy atom. The summed E-state index contributed by atoms with van der Waals surface area (Å²) >= 11 is 0. The first-order valence-corrected chi connectivity index (χ1v) is 5.68. The van der Waals surface area contributed by atoms with Gasteiger partial charge in [0, 0.05) is 6.04 Å². The Morgan fingerprint density at radius 1 is 1.40 bits per heavy atom. The molecule has 0 saturated heterocycles. The maximum absolute atomic E-state index is 6.18. The number of hydrogen-bond acceptors (Lipinski definition) is 2. The van der Waals surface area contributed by atoms with Crippen LogP contribution in [0.1, 0.15) is 24.8 Å². The molecular weight excluding hydrogens is 186 g/mol. The van der Waals surface area contributed by atoms with E-state index in [0.717, 1.165) is 18.1 Å². The lowest BCUT2D eigenvalue weighted by Gasteiger charge is -2.31. The first-order valence-electron chi connectivity index (χ1n) is 5.68. The minimum atomic E-state index is 0.301. The van der Waals surface area contributed by atoms with Crippen LogP contribution >= 0.6 is 0 Å². The molecule has 1 unspecified atom stereocenters. The number of nitrogens with two attached hydrogens (primary N) is 1. The summed E-state index contributed by atoms with van der Waals surface area (Å²) in [5.74, 6) is 1.70. The summed E-state index contributed by atoms with van der Waals surface area (Å²) in [5.41, 5.74) is 7.41. The predicted octanol–water partition coefficient (Wildman–Crippen LogP) is 2.37. The second-order valence-electron chi connectivity index (χ2n) is 4.37. The standard InChI is InChI=1S/C13H19NO/c1-15-13-8-3-2-5-11(13)9-12(14)10-6-4-7-10/h2-3,5,8,10,12H,4,6-7,9,14H2,1H3. The highest BCUT2D eigenvalue weighted by Crippen LogP contribution is 2.31. The van der Waals surface area contributed by atoms with E-state index in [0.29, 0.717) is 6.04 Å². The van der Waals surface area contributed by atoms with Gasteiger partial charge in [0.1, 0.15) is 5.75 Å². The SMILES string of the molecule is COc1ccccc1CC(N)C1CCC1. The van der Waals surface area contributed by atoms with E-state index in [1.54, 1.807) is 7.11 Å². The van der Waals surface area contributed by atoms with E-state index in [9.17, 15) is 0 Å². The van der Waals surface area contributed by atoms with Crippen LogP contribution in [0.2, 0.25) is 0 Å². The molecule has 0 aliphatic heterocycles. The van der Waals surface area contributed by atoms with Crippen LogP contribution in [0.25, 0.3) is 0 Å². The molecule has 1 aromatic rings. The number of rotatable bonds is 4. The average Bonchev–Trinajstić information content (AvgIpc) is 2.15. The molecular formula is C13H19NO. The van der Waals surface area contributed by atoms with Gasteiger partial charge in [0.2, 0.25) is 0 Å². The number of benzene rings is 1. The fraction of sp³-hybridized carbons (Fsp3) is 0.538. The van der Waals surface area contributed by atoms with Gasteiger partial charge in [0.05, 0.1) is 7.11 Å². The van der Waals surface area contributed by atoms with Gasteiger partial charge in [0.25, 0.3) is 0 Å². The molecule has 1 aromatic carbocycles. The Labute approximate surface area is 91.4 Å². The zero-order valence-electron chi connectivity index (χ0n) is 9.28. The summed E-state index contributed by atoms with van der Waals surface area (Å²) in [6.45, 7) is 0. The maximum Gasteiger partial charge on any atom is 0.122 e. The fourth-order valence-electron chi connectivity index (χ4n) is 2.16. The van der Waals surface area contributed by atoms with Crippen molar-refractivity contribution in [3.63, 3.8) is 0 Å². The van der Waals surface area contributed by atoms with Crippen LogP contribution in [0.4, 0.5) is 0 Å². The molecule has 2 heteroatoms. The van der Waals surface area contributed by atoms with Crippen LogP contribution < -0.4 is 10.5 Å². The third-order valence-electron chi connectivity index (χ3n) is 3.40. The van der Waals surface area contributed by atoms with E-state index in [1.807, 2.05) is 18.2 Å². The smallest absolute Gasteiger partial charge is 0.122 e. The van der Waals surface area contributed by atoms with Gasteiger partial charge < -0.3 is 10.5 Å². The van der Waals surface area contributed by atoms with Gasteiger partial charge in [0.15, 0.2) is 0 Å². The fourth-order valence-corrected chi connectivity index (χ4v) is 2.16. The lowest BCUT2D eigenvalue weighted by molar-refractivity contribution is 0.259. The summed E-state index contributed by atoms with van der Waals surface area (Å²) in [4.78, 5) is 0. The highest BCUT2D eigenvalue weighted by Gasteiger charge is 2.24. The van der Waals surface area contributed by atoms with Crippen molar-refractivity contribution in [2.45, 2.75) is 31.7 Å². The minimum absolute atomic E-state index is 0.301. The zero-order chi connectivity index (χ0) is 10.7. The second-order valence-corrected chi connectivity index (χ2v) is 4.37. The van der Waals surface area contributed by atoms with Crippen molar-refractivity contribution < 1.29 is 4.74 Å². The lowest BCUT2D eigenvalue weighted by atomic mass is 9.78. The van der Waals surface area contributed by atoms with Crippen molar-refractivity contribution in [1.82, 2.24) is 0 Å². The van der Waals surface area contributed by atoms with Gasteiger partial charge >= 0.3 is 0 Å². The summed E-state index contributed by atoms with van der Waals surface area (Å²) in [7, 11) is 1.72. The largest absolute Gasteiger partial charge is 0.496 e. The quantitative estimate of drug-likeness (QED) is 0.819. The lowest BCUT2D eigenvalue weighted by Crippen LogP contribution is -2.36. The molecule has 2 rings (SSSR count). The van der Waals surface area contributed by atoms with Crippen LogP contribution in [0.3, 0.4) is 0 Å². The second kappa shape index (κ2) is 4.67. The third kappa shape index (κ3) is 2.32. The van der Waals surface area contributed by atoms with E-state index in [1.165, 1.54) is 24.8 Å². The molecule has 1 aliphatic carbocycles. The Bertz CT molecular complexity index is 320. The molecule has 0 aromatic heterocycles. The summed E-state index contributed by atoms with van der Waals surface area (Å²) in [6.07, 6.45) is 4.89. The minimum Gasteiger partial charge on any atom is -0.496 e. The first kappa shape index (κ1) is 10.5. The van der Waals surface area contributed by atoms with Gasteiger partial charge in [-0.2, -0.15) is 0 Å². The van der Waals surface area contributed by atoms with Crippen LogP contribution in [-0.4, -0.2) is 13.2 Å². The van der Waals surface area contributed by atoms with Gasteiger partial charge in [-0.1, -0.05) is 24.6 Å². The first-order chi connectivity index (χ1) is 7.31. The number of hydrogen-bond donors (Lipinski definition) is 1. The van der Waals surface area contributed by atoms with Gasteiger partial charge in [-0.15, -0.1) is 0 Å². The molecule has 1 saturated carbocycles. The highest BCUT2D eigenvalue weighted by molar-refractivity contribution is 5.33. The molecule has 0 radical (unpaired) electrons. The van der Waals surface area contributed by atoms with Crippen molar-refractivity contribution in [2.24, 2.45) is 11.7 Å². The van der Waals surface area contributed by atoms with Crippen molar-refractivity contribution in [3.8, 4) is 5.75 Å². The van der Waals surface area contributed by atoms with E-state index >= 15 is 0 Å². The average molecular weight is 205 g/mol. The van der Waals surface area contributed by atoms with E-state index < -0.39 is 0 Å². The summed E-state index contributed by atoms with van der Waals surface area (Å²) in [6, 6.07) is 8.46. The van der Waals surface area contributed by atoms with Crippen LogP contribution in [0.15, 0.2) is 24.3 Å². The number of para-hydroxylation sites is 1. The van der Waals surface area contributed by atoms with Gasteiger partial charge in [-0.3, -0.25) is 0 Å². The van der Waals surface area contributed by atoms with Crippen molar-refractivity contribution >= 4 is 0 Å². The number of ether oxygens (including phenoxy) is 1. The van der Waals surface area contributed by atoms with Crippen LogP contribution in [-0.2, 0) is 6.42 Å². The predicted molar refractivity (Wildman–Crippen MR) is 62.0 cm³/mol. The summed E-state index contributed by atoms with van der Waals surface area (Å²) in [5, 5.41) is 0. The molecule has 0 spiro atoms. The van der Waals surface area contributed by atoms with Gasteiger partial charge in [-0.25, -0.2) is 0 Å². The zero-order valence-corrected chi connectivity index (χ0v) is 9.28. The van der Waals surface area contributed by atoms with E-state index in [-0.39, 0.29) is 0 Å². The molecule has 2 nitrogen and oxygen atoms in total. The van der Waals surface area contributed by atoms with E-state index in [2.05, 4.69) is 6.07 Å². The Kier molecular flexibility index (Phi) is 3.27. The molecule has 0 amide bonds. The Balaban J connectivity index is 2.02. The number of methoxy groups -OCH3 is 1. The van der Waals surface area contributed by atoms with Crippen molar-refractivity contribution in [1.29, 1.82) is 0 Å². The molecule has 1 atom stereocenters. The maximum atomic E-state index is 6.18. The summed E-state index contributed by atoms with van der Waals surface area (Å²) < 4.78 is 5.32. The van der Waals surface area contributed by atoms with Crippen LogP contribution in [0.5, 0.6) is 5.75 Å². The molecule has 1 aliphatic rings. The monoisotopic (exact) mass is 205 g/mol. The van der Waals surface area contributed by atoms with Crippen LogP contribution in [0, 0.1) is 5.92 Å². The van der Waals surface area contributed by atoms with E-state index in [4.69, 9.17) is 10.5 Å². The molecule has 82 valence electrons. The molecule has 2 N–H and O–H groups in total. The molecule has 1 fully saturated rings. The normalized spacial score (nSPS) is 18.3. The third-order valence-corrected chi connectivity index (χ3v) is 3.40. The molecule has 15 heavy (non-hydrogen) atoms. The Hall–Kier alpha value is -1.02. The molecule has 0 heterocycles. The molecule has 0 bridgehead atoms. The Morgan fingerprint density at radius 3 is 2.73 bits per heavy atom. The van der Waals surface area contributed by atoms with Gasteiger partial charge in [-0.05, 0) is 36.8 Å². The van der Waals surface area contributed by atoms with Crippen molar-refractivity contribution in [2.75, 3.05) is 7.11 Å².